The minimum absolute atomic E-state index is 0.0376. The number of rotatable bonds is 6. The maximum atomic E-state index is 13.7. The molecule has 0 fully saturated rings. The minimum atomic E-state index is -0.277. The van der Waals surface area contributed by atoms with Gasteiger partial charge >= 0.3 is 0 Å². The Kier molecular flexibility index (Phi) is 7.83. The van der Waals surface area contributed by atoms with Gasteiger partial charge in [-0.1, -0.05) is 75.2 Å². The second kappa shape index (κ2) is 10.7. The molecule has 7 heteroatoms. The molecule has 0 aliphatic carbocycles. The van der Waals surface area contributed by atoms with Crippen molar-refractivity contribution in [1.82, 2.24) is 15.1 Å². The second-order valence-corrected chi connectivity index (χ2v) is 12.1. The van der Waals surface area contributed by atoms with Crippen LogP contribution in [0.5, 0.6) is 0 Å². The van der Waals surface area contributed by atoms with Crippen molar-refractivity contribution >= 4 is 29.4 Å². The maximum absolute atomic E-state index is 13.7. The smallest absolute Gasteiger partial charge is 0.240 e. The SMILES string of the molecule is CC[C@@H](C)NC(=O)CN1C(=O)CS[C@H](c2cccc(C)c2)c2c(C(C)(C)C)nn(-c3ccc(C)cc3)c21. The molecular weight excluding hydrogens is 480 g/mol. The molecule has 3 aromatic rings. The number of hydrogen-bond acceptors (Lipinski definition) is 4. The van der Waals surface area contributed by atoms with Crippen molar-refractivity contribution in [3.05, 3.63) is 76.5 Å². The summed E-state index contributed by atoms with van der Waals surface area (Å²) in [5.74, 6) is 0.715. The summed E-state index contributed by atoms with van der Waals surface area (Å²) in [6.45, 7) is 14.6. The largest absolute Gasteiger partial charge is 0.352 e. The molecule has 196 valence electrons. The average Bonchev–Trinajstić information content (AvgIpc) is 3.17. The van der Waals surface area contributed by atoms with Gasteiger partial charge in [0.25, 0.3) is 0 Å². The van der Waals surface area contributed by atoms with E-state index in [-0.39, 0.29) is 40.8 Å². The third-order valence-electron chi connectivity index (χ3n) is 6.74. The van der Waals surface area contributed by atoms with E-state index < -0.39 is 0 Å². The first-order valence-corrected chi connectivity index (χ1v) is 14.0. The second-order valence-electron chi connectivity index (χ2n) is 11.0. The lowest BCUT2D eigenvalue weighted by atomic mass is 9.87. The zero-order chi connectivity index (χ0) is 26.9. The first kappa shape index (κ1) is 27.0. The minimum Gasteiger partial charge on any atom is -0.352 e. The number of aryl methyl sites for hydroxylation is 2. The number of carbonyl (C=O) groups is 2. The fourth-order valence-electron chi connectivity index (χ4n) is 4.60. The van der Waals surface area contributed by atoms with Gasteiger partial charge in [0.2, 0.25) is 11.8 Å². The van der Waals surface area contributed by atoms with Crippen molar-refractivity contribution in [2.75, 3.05) is 17.2 Å². The van der Waals surface area contributed by atoms with E-state index in [1.807, 2.05) is 49.7 Å². The summed E-state index contributed by atoms with van der Waals surface area (Å²) in [5.41, 5.74) is 5.98. The molecule has 0 bridgehead atoms. The lowest BCUT2D eigenvalue weighted by Crippen LogP contribution is -2.44. The summed E-state index contributed by atoms with van der Waals surface area (Å²) in [6.07, 6.45) is 0.825. The molecule has 2 heterocycles. The highest BCUT2D eigenvalue weighted by atomic mass is 32.2. The standard InChI is InChI=1S/C30H38N4O2S/c1-8-21(4)31-24(35)17-33-25(36)18-37-27(22-11-9-10-20(3)16-22)26-28(30(5,6)7)32-34(29(26)33)23-14-12-19(2)13-15-23/h9-16,21,27H,8,17-18H2,1-7H3,(H,31,35)/t21-,27-/m1/s1. The van der Waals surface area contributed by atoms with Gasteiger partial charge in [-0.3, -0.25) is 14.5 Å². The number of nitrogens with one attached hydrogen (secondary N) is 1. The van der Waals surface area contributed by atoms with Gasteiger partial charge in [-0.25, -0.2) is 4.68 Å². The average molecular weight is 519 g/mol. The van der Waals surface area contributed by atoms with Crippen LogP contribution in [0.25, 0.3) is 5.69 Å². The maximum Gasteiger partial charge on any atom is 0.240 e. The Balaban J connectivity index is 1.98. The Morgan fingerprint density at radius 1 is 1.14 bits per heavy atom. The number of fused-ring (bicyclic) bond motifs is 1. The van der Waals surface area contributed by atoms with E-state index in [2.05, 4.69) is 57.3 Å². The molecule has 0 spiro atoms. The van der Waals surface area contributed by atoms with Crippen LogP contribution in [-0.4, -0.2) is 39.9 Å². The predicted molar refractivity (Wildman–Crippen MR) is 153 cm³/mol. The highest BCUT2D eigenvalue weighted by Crippen LogP contribution is 2.48. The molecular formula is C30H38N4O2S. The topological polar surface area (TPSA) is 67.2 Å². The number of nitrogens with zero attached hydrogens (tertiary/aromatic N) is 3. The fourth-order valence-corrected chi connectivity index (χ4v) is 5.79. The third-order valence-corrected chi connectivity index (χ3v) is 8.00. The molecule has 37 heavy (non-hydrogen) atoms. The van der Waals surface area contributed by atoms with E-state index in [0.29, 0.717) is 5.82 Å². The van der Waals surface area contributed by atoms with Gasteiger partial charge in [0.1, 0.15) is 12.4 Å². The summed E-state index contributed by atoms with van der Waals surface area (Å²) in [6, 6.07) is 16.6. The van der Waals surface area contributed by atoms with Gasteiger partial charge in [0, 0.05) is 17.0 Å². The molecule has 2 amide bonds. The van der Waals surface area contributed by atoms with Crippen LogP contribution >= 0.6 is 11.8 Å². The van der Waals surface area contributed by atoms with E-state index in [0.717, 1.165) is 34.5 Å². The van der Waals surface area contributed by atoms with Gasteiger partial charge in [-0.05, 0) is 44.9 Å². The lowest BCUT2D eigenvalue weighted by Gasteiger charge is -2.25. The van der Waals surface area contributed by atoms with Crippen LogP contribution in [0.15, 0.2) is 48.5 Å². The Morgan fingerprint density at radius 3 is 2.46 bits per heavy atom. The van der Waals surface area contributed by atoms with E-state index in [1.54, 1.807) is 16.7 Å². The van der Waals surface area contributed by atoms with Crippen molar-refractivity contribution in [2.45, 2.75) is 71.6 Å². The van der Waals surface area contributed by atoms with Crippen LogP contribution in [0.3, 0.4) is 0 Å². The van der Waals surface area contributed by atoms with Gasteiger partial charge in [-0.2, -0.15) is 5.10 Å². The molecule has 6 nitrogen and oxygen atoms in total. The van der Waals surface area contributed by atoms with Crippen LogP contribution in [0, 0.1) is 13.8 Å². The number of amides is 2. The van der Waals surface area contributed by atoms with E-state index in [1.165, 1.54) is 5.56 Å². The van der Waals surface area contributed by atoms with Crippen LogP contribution in [-0.2, 0) is 15.0 Å². The molecule has 2 aromatic carbocycles. The summed E-state index contributed by atoms with van der Waals surface area (Å²) in [7, 11) is 0. The first-order valence-electron chi connectivity index (χ1n) is 13.0. The number of benzene rings is 2. The highest BCUT2D eigenvalue weighted by Gasteiger charge is 2.40. The first-order chi connectivity index (χ1) is 17.5. The highest BCUT2D eigenvalue weighted by molar-refractivity contribution is 8.00. The molecule has 0 radical (unpaired) electrons. The molecule has 0 unspecified atom stereocenters. The zero-order valence-corrected chi connectivity index (χ0v) is 23.8. The third kappa shape index (κ3) is 5.77. The van der Waals surface area contributed by atoms with Crippen molar-refractivity contribution in [3.8, 4) is 5.69 Å². The summed E-state index contributed by atoms with van der Waals surface area (Å²) in [5, 5.41) is 8.10. The number of hydrogen-bond donors (Lipinski definition) is 1. The molecule has 2 atom stereocenters. The van der Waals surface area contributed by atoms with Gasteiger partial charge in [0.15, 0.2) is 0 Å². The molecule has 1 N–H and O–H groups in total. The summed E-state index contributed by atoms with van der Waals surface area (Å²) < 4.78 is 1.87. The normalized spacial score (nSPS) is 16.8. The van der Waals surface area contributed by atoms with E-state index >= 15 is 0 Å². The van der Waals surface area contributed by atoms with Crippen LogP contribution < -0.4 is 10.2 Å². The number of carbonyl (C=O) groups excluding carboxylic acids is 2. The Hall–Kier alpha value is -3.06. The van der Waals surface area contributed by atoms with Crippen molar-refractivity contribution in [1.29, 1.82) is 0 Å². The fraction of sp³-hybridized carbons (Fsp3) is 0.433. The van der Waals surface area contributed by atoms with E-state index in [4.69, 9.17) is 5.10 Å². The van der Waals surface area contributed by atoms with Gasteiger partial charge in [-0.15, -0.1) is 11.8 Å². The van der Waals surface area contributed by atoms with Crippen molar-refractivity contribution < 1.29 is 9.59 Å². The van der Waals surface area contributed by atoms with Gasteiger partial charge in [0.05, 0.1) is 22.4 Å². The quantitative estimate of drug-likeness (QED) is 0.443. The van der Waals surface area contributed by atoms with Crippen LogP contribution in [0.2, 0.25) is 0 Å². The van der Waals surface area contributed by atoms with Crippen LogP contribution in [0.4, 0.5) is 5.82 Å². The Labute approximate surface area is 224 Å². The number of thioether (sulfide) groups is 1. The molecule has 4 rings (SSSR count). The monoisotopic (exact) mass is 518 g/mol. The molecule has 0 saturated carbocycles. The molecule has 1 aliphatic heterocycles. The lowest BCUT2D eigenvalue weighted by molar-refractivity contribution is -0.123. The van der Waals surface area contributed by atoms with Gasteiger partial charge < -0.3 is 5.32 Å². The summed E-state index contributed by atoms with van der Waals surface area (Å²) in [4.78, 5) is 28.4. The summed E-state index contributed by atoms with van der Waals surface area (Å²) >= 11 is 1.61. The molecule has 1 aliphatic rings. The van der Waals surface area contributed by atoms with Crippen molar-refractivity contribution in [3.63, 3.8) is 0 Å². The predicted octanol–water partition coefficient (Wildman–Crippen LogP) is 5.87. The molecule has 0 saturated heterocycles. The van der Waals surface area contributed by atoms with Crippen molar-refractivity contribution in [2.24, 2.45) is 0 Å². The molecule has 1 aromatic heterocycles. The number of anilines is 1. The van der Waals surface area contributed by atoms with E-state index in [9.17, 15) is 9.59 Å². The van der Waals surface area contributed by atoms with Crippen LogP contribution in [0.1, 0.15) is 74.2 Å². The Morgan fingerprint density at radius 2 is 1.84 bits per heavy atom. The Bertz CT molecular complexity index is 1290. The number of aromatic nitrogens is 2. The zero-order valence-electron chi connectivity index (χ0n) is 23.0.